The summed E-state index contributed by atoms with van der Waals surface area (Å²) in [6.07, 6.45) is 8.72. The molecule has 0 spiro atoms. The van der Waals surface area contributed by atoms with Crippen LogP contribution in [0.2, 0.25) is 0 Å². The van der Waals surface area contributed by atoms with Crippen LogP contribution in [-0.2, 0) is 11.3 Å². The predicted octanol–water partition coefficient (Wildman–Crippen LogP) is 4.91. The number of hydrogen-bond acceptors (Lipinski definition) is 6. The second-order valence-electron chi connectivity index (χ2n) is 8.29. The van der Waals surface area contributed by atoms with Gasteiger partial charge in [0, 0.05) is 18.9 Å². The van der Waals surface area contributed by atoms with E-state index in [-0.39, 0.29) is 17.4 Å². The maximum Gasteiger partial charge on any atom is 0.262 e. The Morgan fingerprint density at radius 1 is 1.03 bits per heavy atom. The van der Waals surface area contributed by atoms with Crippen molar-refractivity contribution < 1.29 is 4.79 Å². The molecule has 0 fully saturated rings. The van der Waals surface area contributed by atoms with Gasteiger partial charge in [-0.2, -0.15) is 0 Å². The van der Waals surface area contributed by atoms with Crippen LogP contribution in [0.1, 0.15) is 52.9 Å². The lowest BCUT2D eigenvalue weighted by atomic mass is 10.0. The highest BCUT2D eigenvalue weighted by Gasteiger charge is 2.20. The molecule has 7 nitrogen and oxygen atoms in total. The number of nitrogens with one attached hydrogen (secondary N) is 1. The third-order valence-electron chi connectivity index (χ3n) is 5.19. The number of rotatable bonds is 11. The first-order valence-electron chi connectivity index (χ1n) is 11.2. The normalized spacial score (nSPS) is 12.2. The molecule has 2 aromatic heterocycles. The van der Waals surface area contributed by atoms with Crippen molar-refractivity contribution in [3.63, 3.8) is 0 Å². The number of para-hydroxylation sites is 1. The molecule has 0 saturated carbocycles. The lowest BCUT2D eigenvalue weighted by molar-refractivity contribution is -0.115. The highest BCUT2D eigenvalue weighted by atomic mass is 32.2. The molecule has 0 aliphatic heterocycles. The van der Waals surface area contributed by atoms with Gasteiger partial charge in [0.25, 0.3) is 5.56 Å². The quantitative estimate of drug-likeness (QED) is 0.252. The number of thioether (sulfide) groups is 1. The van der Waals surface area contributed by atoms with Gasteiger partial charge in [-0.3, -0.25) is 19.5 Å². The van der Waals surface area contributed by atoms with Crippen LogP contribution in [-0.4, -0.2) is 30.7 Å². The van der Waals surface area contributed by atoms with Crippen molar-refractivity contribution in [2.75, 3.05) is 5.32 Å². The van der Waals surface area contributed by atoms with Gasteiger partial charge in [0.05, 0.1) is 16.2 Å². The molecule has 0 radical (unpaired) electrons. The first-order chi connectivity index (χ1) is 15.5. The van der Waals surface area contributed by atoms with Crippen molar-refractivity contribution in [1.82, 2.24) is 19.5 Å². The first kappa shape index (κ1) is 23.9. The van der Waals surface area contributed by atoms with Crippen molar-refractivity contribution >= 4 is 34.5 Å². The van der Waals surface area contributed by atoms with E-state index in [1.807, 2.05) is 18.2 Å². The number of nitrogens with zero attached hydrogens (tertiary/aromatic N) is 4. The monoisotopic (exact) mass is 453 g/mol. The van der Waals surface area contributed by atoms with Gasteiger partial charge in [0.1, 0.15) is 0 Å². The number of aromatic nitrogens is 4. The molecule has 3 aromatic rings. The number of fused-ring (bicyclic) bond motifs is 1. The van der Waals surface area contributed by atoms with Crippen molar-refractivity contribution in [1.29, 1.82) is 0 Å². The van der Waals surface area contributed by atoms with E-state index in [0.29, 0.717) is 22.6 Å². The summed E-state index contributed by atoms with van der Waals surface area (Å²) in [6, 6.07) is 9.05. The molecule has 0 bridgehead atoms. The van der Waals surface area contributed by atoms with Crippen LogP contribution in [0.15, 0.2) is 52.7 Å². The number of carbonyl (C=O) groups excluding carboxylic acids is 1. The van der Waals surface area contributed by atoms with Crippen molar-refractivity contribution in [2.45, 2.75) is 69.8 Å². The standard InChI is InChI=1S/C24H31N5O2S/c1-17(2)11-6-4-5-9-16-29-22(31)19-12-7-8-13-20(19)27-24(29)32-18(3)21(30)28-23-25-14-10-15-26-23/h7-8,10,12-15,17-18H,4-6,9,11,16H2,1-3H3,(H,25,26,28,30). The number of unbranched alkanes of at least 4 members (excludes halogenated alkanes) is 3. The van der Waals surface area contributed by atoms with E-state index in [9.17, 15) is 9.59 Å². The maximum atomic E-state index is 13.2. The van der Waals surface area contributed by atoms with Crippen LogP contribution in [0, 0.1) is 5.92 Å². The van der Waals surface area contributed by atoms with E-state index in [1.54, 1.807) is 36.0 Å². The van der Waals surface area contributed by atoms with E-state index < -0.39 is 5.25 Å². The molecule has 1 unspecified atom stereocenters. The fourth-order valence-electron chi connectivity index (χ4n) is 3.40. The minimum absolute atomic E-state index is 0.0562. The summed E-state index contributed by atoms with van der Waals surface area (Å²) in [5.41, 5.74) is 0.589. The fourth-order valence-corrected chi connectivity index (χ4v) is 4.33. The molecular weight excluding hydrogens is 422 g/mol. The molecule has 0 aliphatic rings. The van der Waals surface area contributed by atoms with Gasteiger partial charge in [0.15, 0.2) is 5.16 Å². The minimum Gasteiger partial charge on any atom is -0.294 e. The molecule has 8 heteroatoms. The fraction of sp³-hybridized carbons (Fsp3) is 0.458. The maximum absolute atomic E-state index is 13.2. The van der Waals surface area contributed by atoms with Gasteiger partial charge in [-0.15, -0.1) is 0 Å². The zero-order chi connectivity index (χ0) is 22.9. The van der Waals surface area contributed by atoms with Gasteiger partial charge in [0.2, 0.25) is 11.9 Å². The number of hydrogen-bond donors (Lipinski definition) is 1. The highest BCUT2D eigenvalue weighted by Crippen LogP contribution is 2.24. The smallest absolute Gasteiger partial charge is 0.262 e. The molecule has 1 N–H and O–H groups in total. The second kappa shape index (κ2) is 11.8. The van der Waals surface area contributed by atoms with Gasteiger partial charge >= 0.3 is 0 Å². The average molecular weight is 454 g/mol. The SMILES string of the molecule is CC(C)CCCCCCn1c(SC(C)C(=O)Nc2ncccn2)nc2ccccc2c1=O. The largest absolute Gasteiger partial charge is 0.294 e. The van der Waals surface area contributed by atoms with Gasteiger partial charge in [-0.25, -0.2) is 15.0 Å². The molecule has 0 aliphatic carbocycles. The summed E-state index contributed by atoms with van der Waals surface area (Å²) < 4.78 is 1.72. The molecule has 1 amide bonds. The van der Waals surface area contributed by atoms with E-state index in [4.69, 9.17) is 4.98 Å². The van der Waals surface area contributed by atoms with E-state index in [1.165, 1.54) is 24.6 Å². The highest BCUT2D eigenvalue weighted by molar-refractivity contribution is 8.00. The summed E-state index contributed by atoms with van der Waals surface area (Å²) in [5.74, 6) is 0.748. The Morgan fingerprint density at radius 3 is 2.50 bits per heavy atom. The Hall–Kier alpha value is -2.74. The number of amides is 1. The second-order valence-corrected chi connectivity index (χ2v) is 9.59. The molecule has 0 saturated heterocycles. The topological polar surface area (TPSA) is 89.8 Å². The van der Waals surface area contributed by atoms with Gasteiger partial charge < -0.3 is 0 Å². The molecule has 1 aromatic carbocycles. The number of carbonyl (C=O) groups is 1. The lowest BCUT2D eigenvalue weighted by Gasteiger charge is -2.16. The van der Waals surface area contributed by atoms with Crippen LogP contribution in [0.4, 0.5) is 5.95 Å². The van der Waals surface area contributed by atoms with Crippen molar-refractivity contribution in [3.05, 3.63) is 53.1 Å². The molecule has 2 heterocycles. The van der Waals surface area contributed by atoms with Crippen LogP contribution in [0.5, 0.6) is 0 Å². The molecule has 3 rings (SSSR count). The van der Waals surface area contributed by atoms with Crippen LogP contribution in [0.3, 0.4) is 0 Å². The molecule has 1 atom stereocenters. The number of anilines is 1. The average Bonchev–Trinajstić information content (AvgIpc) is 2.78. The Balaban J connectivity index is 1.74. The summed E-state index contributed by atoms with van der Waals surface area (Å²) in [4.78, 5) is 38.6. The zero-order valence-electron chi connectivity index (χ0n) is 19.0. The van der Waals surface area contributed by atoms with E-state index in [0.717, 1.165) is 25.2 Å². The third kappa shape index (κ3) is 6.63. The summed E-state index contributed by atoms with van der Waals surface area (Å²) in [6.45, 7) is 6.87. The van der Waals surface area contributed by atoms with Crippen LogP contribution < -0.4 is 10.9 Å². The Labute approximate surface area is 193 Å². The van der Waals surface area contributed by atoms with Crippen LogP contribution in [0.25, 0.3) is 10.9 Å². The summed E-state index contributed by atoms with van der Waals surface area (Å²) in [5, 5.41) is 3.41. The third-order valence-corrected chi connectivity index (χ3v) is 6.28. The molecular formula is C24H31N5O2S. The zero-order valence-corrected chi connectivity index (χ0v) is 19.8. The summed E-state index contributed by atoms with van der Waals surface area (Å²) >= 11 is 1.28. The lowest BCUT2D eigenvalue weighted by Crippen LogP contribution is -2.27. The Kier molecular flexibility index (Phi) is 8.79. The van der Waals surface area contributed by atoms with Crippen molar-refractivity contribution in [3.8, 4) is 0 Å². The predicted molar refractivity (Wildman–Crippen MR) is 130 cm³/mol. The Bertz CT molecular complexity index is 1080. The van der Waals surface area contributed by atoms with E-state index in [2.05, 4.69) is 29.1 Å². The van der Waals surface area contributed by atoms with Crippen LogP contribution >= 0.6 is 11.8 Å². The molecule has 32 heavy (non-hydrogen) atoms. The minimum atomic E-state index is -0.468. The van der Waals surface area contributed by atoms with Gasteiger partial charge in [-0.1, -0.05) is 63.4 Å². The van der Waals surface area contributed by atoms with Crippen molar-refractivity contribution in [2.24, 2.45) is 5.92 Å². The Morgan fingerprint density at radius 2 is 1.75 bits per heavy atom. The first-order valence-corrected chi connectivity index (χ1v) is 12.1. The number of benzene rings is 1. The van der Waals surface area contributed by atoms with E-state index >= 15 is 0 Å². The van der Waals surface area contributed by atoms with Gasteiger partial charge in [-0.05, 0) is 37.5 Å². The summed E-state index contributed by atoms with van der Waals surface area (Å²) in [7, 11) is 0. The molecule has 170 valence electrons.